The lowest BCUT2D eigenvalue weighted by molar-refractivity contribution is -0.697. The average Bonchev–Trinajstić information content (AvgIpc) is 2.59. The molecule has 0 radical (unpaired) electrons. The van der Waals surface area contributed by atoms with Crippen LogP contribution in [-0.2, 0) is 17.7 Å². The van der Waals surface area contributed by atoms with Gasteiger partial charge in [0.05, 0.1) is 6.61 Å². The van der Waals surface area contributed by atoms with Gasteiger partial charge in [-0.3, -0.25) is 0 Å². The molecule has 1 aliphatic heterocycles. The van der Waals surface area contributed by atoms with Crippen LogP contribution >= 0.6 is 0 Å². The third-order valence-electron chi connectivity index (χ3n) is 2.32. The van der Waals surface area contributed by atoms with Gasteiger partial charge in [-0.05, 0) is 0 Å². The van der Waals surface area contributed by atoms with E-state index in [0.29, 0.717) is 6.61 Å². The van der Waals surface area contributed by atoms with Crippen molar-refractivity contribution in [1.29, 1.82) is 0 Å². The molecule has 1 aliphatic rings. The molecule has 0 spiro atoms. The highest BCUT2D eigenvalue weighted by molar-refractivity contribution is 5.77. The zero-order chi connectivity index (χ0) is 9.97. The molecule has 0 saturated heterocycles. The van der Waals surface area contributed by atoms with Crippen LogP contribution in [0.3, 0.4) is 0 Å². The minimum atomic E-state index is -0.0394. The van der Waals surface area contributed by atoms with Gasteiger partial charge in [-0.2, -0.15) is 0 Å². The van der Waals surface area contributed by atoms with E-state index in [-0.39, 0.29) is 6.03 Å². The van der Waals surface area contributed by atoms with Gasteiger partial charge in [0.1, 0.15) is 12.7 Å². The number of methoxy groups -OCH3 is 1. The molecule has 5 heteroatoms. The Morgan fingerprint density at radius 3 is 3.29 bits per heavy atom. The first kappa shape index (κ1) is 9.21. The topological polar surface area (TPSA) is 47.1 Å². The van der Waals surface area contributed by atoms with Crippen molar-refractivity contribution in [1.82, 2.24) is 9.88 Å². The molecule has 1 aromatic rings. The maximum atomic E-state index is 11.4. The van der Waals surface area contributed by atoms with E-state index in [2.05, 4.69) is 5.32 Å². The zero-order valence-corrected chi connectivity index (χ0v) is 8.19. The zero-order valence-electron chi connectivity index (χ0n) is 8.19. The van der Waals surface area contributed by atoms with Crippen molar-refractivity contribution in [3.05, 3.63) is 18.2 Å². The number of carbonyl (C=O) groups is 1. The molecule has 5 nitrogen and oxygen atoms in total. The Morgan fingerprint density at radius 1 is 1.71 bits per heavy atom. The first-order valence-corrected chi connectivity index (χ1v) is 4.68. The molecule has 0 fully saturated rings. The minimum absolute atomic E-state index is 0.0394. The molecule has 0 saturated carbocycles. The molecule has 0 aliphatic carbocycles. The summed E-state index contributed by atoms with van der Waals surface area (Å²) < 4.78 is 8.60. The quantitative estimate of drug-likeness (QED) is 0.665. The van der Waals surface area contributed by atoms with Gasteiger partial charge >= 0.3 is 6.03 Å². The number of nitrogens with zero attached hydrogens (tertiary/aromatic N) is 2. The summed E-state index contributed by atoms with van der Waals surface area (Å²) in [6.07, 6.45) is 4.70. The van der Waals surface area contributed by atoms with E-state index < -0.39 is 0 Å². The summed E-state index contributed by atoms with van der Waals surface area (Å²) in [5, 5.41) is 2.79. The monoisotopic (exact) mass is 196 g/mol. The van der Waals surface area contributed by atoms with Crippen molar-refractivity contribution in [2.75, 3.05) is 20.3 Å². The molecule has 2 heterocycles. The van der Waals surface area contributed by atoms with Crippen LogP contribution in [0.1, 0.15) is 5.69 Å². The second-order valence-electron chi connectivity index (χ2n) is 3.32. The Balaban J connectivity index is 2.17. The lowest BCUT2D eigenvalue weighted by atomic mass is 10.3. The first-order valence-electron chi connectivity index (χ1n) is 4.68. The molecule has 0 atom stereocenters. The fourth-order valence-corrected chi connectivity index (χ4v) is 1.58. The molecular weight excluding hydrogens is 182 g/mol. The summed E-state index contributed by atoms with van der Waals surface area (Å²) in [6, 6.07) is -0.0394. The van der Waals surface area contributed by atoms with Gasteiger partial charge in [0.15, 0.2) is 5.69 Å². The maximum Gasteiger partial charge on any atom is 0.413 e. The minimum Gasteiger partial charge on any atom is -0.381 e. The SMILES string of the molecule is COCC[n+]1cc2n(c1)C(=O)NCC2. The fourth-order valence-electron chi connectivity index (χ4n) is 1.58. The molecular formula is C9H14N3O2+. The number of carbonyl (C=O) groups excluding carboxylic acids is 1. The van der Waals surface area contributed by atoms with Crippen molar-refractivity contribution in [3.8, 4) is 0 Å². The number of fused-ring (bicyclic) bond motifs is 1. The Morgan fingerprint density at radius 2 is 2.57 bits per heavy atom. The third kappa shape index (κ3) is 1.63. The van der Waals surface area contributed by atoms with Crippen LogP contribution in [0.15, 0.2) is 12.5 Å². The summed E-state index contributed by atoms with van der Waals surface area (Å²) in [5.41, 5.74) is 1.06. The standard InChI is InChI=1S/C9H13N3O2/c1-14-5-4-11-6-8-2-3-10-9(13)12(8)7-11/h6-7H,2-5H2,1H3/p+1. The molecule has 2 rings (SSSR count). The molecule has 76 valence electrons. The molecule has 14 heavy (non-hydrogen) atoms. The number of nitrogens with one attached hydrogen (secondary N) is 1. The molecule has 0 bridgehead atoms. The van der Waals surface area contributed by atoms with Crippen LogP contribution in [0, 0.1) is 0 Å². The van der Waals surface area contributed by atoms with Crippen molar-refractivity contribution in [2.45, 2.75) is 13.0 Å². The molecule has 1 N–H and O–H groups in total. The summed E-state index contributed by atoms with van der Waals surface area (Å²) in [5.74, 6) is 0. The van der Waals surface area contributed by atoms with E-state index in [4.69, 9.17) is 4.74 Å². The van der Waals surface area contributed by atoms with Gasteiger partial charge in [0.25, 0.3) is 6.33 Å². The van der Waals surface area contributed by atoms with Crippen LogP contribution in [-0.4, -0.2) is 30.9 Å². The highest BCUT2D eigenvalue weighted by atomic mass is 16.5. The predicted molar refractivity (Wildman–Crippen MR) is 49.0 cm³/mol. The number of rotatable bonds is 3. The van der Waals surface area contributed by atoms with Crippen molar-refractivity contribution in [2.24, 2.45) is 0 Å². The maximum absolute atomic E-state index is 11.4. The average molecular weight is 196 g/mol. The lowest BCUT2D eigenvalue weighted by Gasteiger charge is -2.07. The highest BCUT2D eigenvalue weighted by Crippen LogP contribution is 2.02. The van der Waals surface area contributed by atoms with E-state index >= 15 is 0 Å². The number of hydrogen-bond donors (Lipinski definition) is 1. The Bertz CT molecular complexity index is 346. The summed E-state index contributed by atoms with van der Waals surface area (Å²) in [4.78, 5) is 11.4. The molecule has 1 amide bonds. The van der Waals surface area contributed by atoms with Gasteiger partial charge in [-0.15, -0.1) is 4.57 Å². The van der Waals surface area contributed by atoms with E-state index in [1.54, 1.807) is 11.7 Å². The van der Waals surface area contributed by atoms with Gasteiger partial charge in [-0.25, -0.2) is 9.36 Å². The van der Waals surface area contributed by atoms with Crippen LogP contribution in [0.2, 0.25) is 0 Å². The van der Waals surface area contributed by atoms with E-state index in [1.807, 2.05) is 17.1 Å². The van der Waals surface area contributed by atoms with Gasteiger partial charge in [-0.1, -0.05) is 0 Å². The second kappa shape index (κ2) is 3.79. The van der Waals surface area contributed by atoms with Crippen LogP contribution < -0.4 is 9.88 Å². The van der Waals surface area contributed by atoms with E-state index in [1.165, 1.54) is 0 Å². The van der Waals surface area contributed by atoms with Crippen molar-refractivity contribution < 1.29 is 14.1 Å². The molecule has 0 unspecified atom stereocenters. The van der Waals surface area contributed by atoms with Crippen molar-refractivity contribution >= 4 is 6.03 Å². The Hall–Kier alpha value is -1.36. The van der Waals surface area contributed by atoms with Crippen LogP contribution in [0.25, 0.3) is 0 Å². The molecule has 1 aromatic heterocycles. The van der Waals surface area contributed by atoms with Crippen LogP contribution in [0.5, 0.6) is 0 Å². The first-order chi connectivity index (χ1) is 6.81. The van der Waals surface area contributed by atoms with Crippen molar-refractivity contribution in [3.63, 3.8) is 0 Å². The fraction of sp³-hybridized carbons (Fsp3) is 0.556. The number of amides is 1. The van der Waals surface area contributed by atoms with E-state index in [9.17, 15) is 4.79 Å². The van der Waals surface area contributed by atoms with E-state index in [0.717, 1.165) is 25.2 Å². The Kier molecular flexibility index (Phi) is 2.49. The summed E-state index contributed by atoms with van der Waals surface area (Å²) in [6.45, 7) is 2.17. The van der Waals surface area contributed by atoms with Gasteiger partial charge in [0.2, 0.25) is 0 Å². The normalized spacial score (nSPS) is 15.1. The largest absolute Gasteiger partial charge is 0.413 e. The molecule has 0 aromatic carbocycles. The number of hydrogen-bond acceptors (Lipinski definition) is 2. The number of imidazole rings is 1. The lowest BCUT2D eigenvalue weighted by Crippen LogP contribution is -2.37. The number of ether oxygens (including phenoxy) is 1. The summed E-state index contributed by atoms with van der Waals surface area (Å²) >= 11 is 0. The second-order valence-corrected chi connectivity index (χ2v) is 3.32. The summed E-state index contributed by atoms with van der Waals surface area (Å²) in [7, 11) is 1.67. The predicted octanol–water partition coefficient (Wildman–Crippen LogP) is -0.464. The smallest absolute Gasteiger partial charge is 0.381 e. The highest BCUT2D eigenvalue weighted by Gasteiger charge is 2.23. The van der Waals surface area contributed by atoms with Crippen LogP contribution in [0.4, 0.5) is 4.79 Å². The number of aromatic nitrogens is 2. The third-order valence-corrected chi connectivity index (χ3v) is 2.32. The Labute approximate surface area is 82.3 Å². The van der Waals surface area contributed by atoms with Gasteiger partial charge in [0, 0.05) is 20.1 Å². The van der Waals surface area contributed by atoms with Gasteiger partial charge < -0.3 is 10.1 Å².